The number of nitrogens with zero attached hydrogens (tertiary/aromatic N) is 3. The van der Waals surface area contributed by atoms with Crippen LogP contribution in [0.1, 0.15) is 66.2 Å². The number of fused-ring (bicyclic) bond motifs is 1. The van der Waals surface area contributed by atoms with Gasteiger partial charge in [0.05, 0.1) is 17.4 Å². The molecule has 1 atom stereocenters. The van der Waals surface area contributed by atoms with Crippen molar-refractivity contribution >= 4 is 5.91 Å². The molecule has 0 radical (unpaired) electrons. The van der Waals surface area contributed by atoms with E-state index < -0.39 is 24.7 Å². The van der Waals surface area contributed by atoms with E-state index in [9.17, 15) is 18.0 Å². The van der Waals surface area contributed by atoms with Gasteiger partial charge in [0.1, 0.15) is 6.54 Å². The van der Waals surface area contributed by atoms with Crippen LogP contribution in [0.25, 0.3) is 0 Å². The first kappa shape index (κ1) is 17.5. The van der Waals surface area contributed by atoms with E-state index in [4.69, 9.17) is 4.52 Å². The lowest BCUT2D eigenvalue weighted by molar-refractivity contribution is -0.142. The first-order valence-corrected chi connectivity index (χ1v) is 8.13. The second kappa shape index (κ2) is 6.53. The predicted octanol–water partition coefficient (Wildman–Crippen LogP) is 3.36. The summed E-state index contributed by atoms with van der Waals surface area (Å²) in [5.74, 6) is -0.224. The third-order valence-corrected chi connectivity index (χ3v) is 4.13. The van der Waals surface area contributed by atoms with E-state index in [0.717, 1.165) is 16.7 Å². The van der Waals surface area contributed by atoms with Gasteiger partial charge in [0, 0.05) is 12.3 Å². The van der Waals surface area contributed by atoms with E-state index in [1.54, 1.807) is 6.07 Å². The average molecular weight is 356 g/mol. The highest BCUT2D eigenvalue weighted by molar-refractivity contribution is 5.91. The second-order valence-corrected chi connectivity index (χ2v) is 6.54. The number of hydrogen-bond acceptors (Lipinski definition) is 4. The molecule has 6 nitrogen and oxygen atoms in total. The van der Waals surface area contributed by atoms with Gasteiger partial charge in [-0.05, 0) is 30.7 Å². The molecule has 0 aliphatic heterocycles. The molecule has 0 fully saturated rings. The molecule has 1 aliphatic rings. The molecule has 2 aromatic heterocycles. The van der Waals surface area contributed by atoms with Gasteiger partial charge in [-0.25, -0.2) is 0 Å². The van der Waals surface area contributed by atoms with Gasteiger partial charge in [-0.3, -0.25) is 9.48 Å². The number of alkyl halides is 3. The van der Waals surface area contributed by atoms with E-state index in [1.165, 1.54) is 6.20 Å². The van der Waals surface area contributed by atoms with Crippen molar-refractivity contribution in [2.75, 3.05) is 0 Å². The van der Waals surface area contributed by atoms with Gasteiger partial charge >= 0.3 is 6.18 Å². The Labute approximate surface area is 142 Å². The molecule has 0 bridgehead atoms. The molecule has 25 heavy (non-hydrogen) atoms. The third kappa shape index (κ3) is 4.02. The Hall–Kier alpha value is -2.32. The molecule has 2 heterocycles. The van der Waals surface area contributed by atoms with Gasteiger partial charge in [-0.15, -0.1) is 0 Å². The number of amides is 1. The van der Waals surface area contributed by atoms with E-state index in [0.29, 0.717) is 24.2 Å². The Morgan fingerprint density at radius 2 is 2.24 bits per heavy atom. The highest BCUT2D eigenvalue weighted by Crippen LogP contribution is 2.30. The fourth-order valence-corrected chi connectivity index (χ4v) is 2.90. The molecular weight excluding hydrogens is 337 g/mol. The molecule has 0 spiro atoms. The summed E-state index contributed by atoms with van der Waals surface area (Å²) in [5, 5.41) is 10.7. The number of carbonyl (C=O) groups excluding carboxylic acids is 1. The lowest BCUT2D eigenvalue weighted by atomic mass is 9.93. The van der Waals surface area contributed by atoms with Gasteiger partial charge in [-0.2, -0.15) is 18.3 Å². The largest absolute Gasteiger partial charge is 0.408 e. The van der Waals surface area contributed by atoms with E-state index in [-0.39, 0.29) is 11.7 Å². The van der Waals surface area contributed by atoms with Gasteiger partial charge in [-0.1, -0.05) is 19.0 Å². The van der Waals surface area contributed by atoms with Crippen LogP contribution >= 0.6 is 0 Å². The summed E-state index contributed by atoms with van der Waals surface area (Å²) in [6.45, 7) is 2.72. The quantitative estimate of drug-likeness (QED) is 0.912. The Morgan fingerprint density at radius 3 is 2.88 bits per heavy atom. The fourth-order valence-electron chi connectivity index (χ4n) is 2.90. The summed E-state index contributed by atoms with van der Waals surface area (Å²) in [6.07, 6.45) is -0.886. The number of nitrogens with one attached hydrogen (secondary N) is 1. The summed E-state index contributed by atoms with van der Waals surface area (Å²) >= 11 is 0. The molecule has 3 rings (SSSR count). The standard InChI is InChI=1S/C16H19F3N4O2/c1-9(2)12-6-13(25-22-12)15(24)20-11-5-3-4-10-7-23(21-14(10)11)8-16(17,18)19/h6-7,9,11H,3-5,8H2,1-2H3,(H,20,24). The lowest BCUT2D eigenvalue weighted by Gasteiger charge is -2.21. The molecule has 0 saturated heterocycles. The minimum atomic E-state index is -4.33. The molecular formula is C16H19F3N4O2. The van der Waals surface area contributed by atoms with Gasteiger partial charge in [0.2, 0.25) is 5.76 Å². The van der Waals surface area contributed by atoms with Crippen LogP contribution in [0.2, 0.25) is 0 Å². The molecule has 9 heteroatoms. The number of rotatable bonds is 4. The van der Waals surface area contributed by atoms with E-state index in [1.807, 2.05) is 13.8 Å². The summed E-state index contributed by atoms with van der Waals surface area (Å²) in [7, 11) is 0. The zero-order valence-electron chi connectivity index (χ0n) is 13.9. The Kier molecular flexibility index (Phi) is 4.57. The minimum absolute atomic E-state index is 0.0885. The normalized spacial score (nSPS) is 17.6. The number of halogens is 3. The maximum absolute atomic E-state index is 12.6. The highest BCUT2D eigenvalue weighted by atomic mass is 19.4. The molecule has 1 N–H and O–H groups in total. The van der Waals surface area contributed by atoms with Crippen LogP contribution in [0.5, 0.6) is 0 Å². The van der Waals surface area contributed by atoms with Gasteiger partial charge in [0.25, 0.3) is 5.91 Å². The van der Waals surface area contributed by atoms with Crippen molar-refractivity contribution in [2.24, 2.45) is 0 Å². The molecule has 0 aromatic carbocycles. The molecule has 0 saturated carbocycles. The van der Waals surface area contributed by atoms with Crippen LogP contribution in [-0.4, -0.2) is 27.0 Å². The first-order chi connectivity index (χ1) is 11.7. The number of hydrogen-bond donors (Lipinski definition) is 1. The SMILES string of the molecule is CC(C)c1cc(C(=O)NC2CCCc3cn(CC(F)(F)F)nc32)on1. The predicted molar refractivity (Wildman–Crippen MR) is 82.0 cm³/mol. The lowest BCUT2D eigenvalue weighted by Crippen LogP contribution is -2.31. The van der Waals surface area contributed by atoms with Crippen molar-refractivity contribution in [1.29, 1.82) is 0 Å². The van der Waals surface area contributed by atoms with Gasteiger partial charge in [0.15, 0.2) is 0 Å². The smallest absolute Gasteiger partial charge is 0.351 e. The molecule has 136 valence electrons. The van der Waals surface area contributed by atoms with Gasteiger partial charge < -0.3 is 9.84 Å². The summed E-state index contributed by atoms with van der Waals surface area (Å²) < 4.78 is 43.6. The first-order valence-electron chi connectivity index (χ1n) is 8.13. The zero-order chi connectivity index (χ0) is 18.2. The summed E-state index contributed by atoms with van der Waals surface area (Å²) in [6, 6.07) is 1.14. The number of aryl methyl sites for hydroxylation is 1. The van der Waals surface area contributed by atoms with Crippen molar-refractivity contribution in [3.8, 4) is 0 Å². The van der Waals surface area contributed by atoms with Crippen LogP contribution in [0.15, 0.2) is 16.8 Å². The Balaban J connectivity index is 1.75. The average Bonchev–Trinajstić information content (AvgIpc) is 3.11. The summed E-state index contributed by atoms with van der Waals surface area (Å²) in [4.78, 5) is 12.3. The Bertz CT molecular complexity index is 764. The maximum Gasteiger partial charge on any atom is 0.408 e. The Morgan fingerprint density at radius 1 is 1.48 bits per heavy atom. The molecule has 2 aromatic rings. The number of carbonyl (C=O) groups is 1. The van der Waals surface area contributed by atoms with Crippen molar-refractivity contribution in [2.45, 2.75) is 57.8 Å². The monoisotopic (exact) mass is 356 g/mol. The van der Waals surface area contributed by atoms with Crippen molar-refractivity contribution in [3.05, 3.63) is 35.0 Å². The molecule has 1 aliphatic carbocycles. The van der Waals surface area contributed by atoms with Crippen molar-refractivity contribution in [1.82, 2.24) is 20.3 Å². The highest BCUT2D eigenvalue weighted by Gasteiger charge is 2.31. The van der Waals surface area contributed by atoms with E-state index in [2.05, 4.69) is 15.6 Å². The van der Waals surface area contributed by atoms with Crippen LogP contribution in [0.4, 0.5) is 13.2 Å². The van der Waals surface area contributed by atoms with Crippen molar-refractivity contribution < 1.29 is 22.5 Å². The van der Waals surface area contributed by atoms with Crippen LogP contribution in [0.3, 0.4) is 0 Å². The van der Waals surface area contributed by atoms with Crippen LogP contribution in [-0.2, 0) is 13.0 Å². The number of aromatic nitrogens is 3. The van der Waals surface area contributed by atoms with Crippen LogP contribution in [0, 0.1) is 0 Å². The third-order valence-electron chi connectivity index (χ3n) is 4.13. The van der Waals surface area contributed by atoms with Crippen molar-refractivity contribution in [3.63, 3.8) is 0 Å². The molecule has 1 unspecified atom stereocenters. The topological polar surface area (TPSA) is 73.0 Å². The maximum atomic E-state index is 12.6. The minimum Gasteiger partial charge on any atom is -0.351 e. The molecule has 1 amide bonds. The summed E-state index contributed by atoms with van der Waals surface area (Å²) in [5.41, 5.74) is 1.90. The second-order valence-electron chi connectivity index (χ2n) is 6.54. The van der Waals surface area contributed by atoms with Crippen LogP contribution < -0.4 is 5.32 Å². The van der Waals surface area contributed by atoms with E-state index >= 15 is 0 Å². The fraction of sp³-hybridized carbons (Fsp3) is 0.562. The zero-order valence-corrected chi connectivity index (χ0v) is 13.9.